The highest BCUT2D eigenvalue weighted by atomic mass is 32.2. The second kappa shape index (κ2) is 11.7. The molecule has 1 aromatic heterocycles. The molecule has 0 aliphatic rings. The number of ether oxygens (including phenoxy) is 1. The molecule has 1 amide bonds. The lowest BCUT2D eigenvalue weighted by Gasteiger charge is -2.25. The molecule has 0 unspecified atom stereocenters. The van der Waals surface area contributed by atoms with Crippen LogP contribution in [0.5, 0.6) is 5.75 Å². The lowest BCUT2D eigenvalue weighted by atomic mass is 10.3. The predicted octanol–water partition coefficient (Wildman–Crippen LogP) is 4.60. The van der Waals surface area contributed by atoms with E-state index in [-0.39, 0.29) is 10.6 Å². The number of sulfonamides is 1. The Balaban J connectivity index is 1.95. The molecule has 1 N–H and O–H groups in total. The quantitative estimate of drug-likeness (QED) is 0.287. The fourth-order valence-corrected chi connectivity index (χ4v) is 6.35. The number of carbonyl (C=O) groups is 1. The van der Waals surface area contributed by atoms with Gasteiger partial charge >= 0.3 is 0 Å². The van der Waals surface area contributed by atoms with Crippen LogP contribution in [-0.4, -0.2) is 49.7 Å². The molecule has 0 radical (unpaired) electrons. The SMILES string of the molecule is CCOc1ccccc1N(CC(=O)Nc1nnc(SCC)s1)S(=O)(=O)c1ccc(SC)cc1. The summed E-state index contributed by atoms with van der Waals surface area (Å²) >= 11 is 4.27. The molecule has 0 aliphatic heterocycles. The zero-order valence-electron chi connectivity index (χ0n) is 18.3. The summed E-state index contributed by atoms with van der Waals surface area (Å²) in [6.07, 6.45) is 1.91. The van der Waals surface area contributed by atoms with Crippen LogP contribution in [0.15, 0.2) is 62.7 Å². The number of hydrogen-bond acceptors (Lipinski definition) is 9. The van der Waals surface area contributed by atoms with E-state index >= 15 is 0 Å². The number of para-hydroxylation sites is 2. The minimum Gasteiger partial charge on any atom is -0.492 e. The van der Waals surface area contributed by atoms with E-state index in [4.69, 9.17) is 4.74 Å². The van der Waals surface area contributed by atoms with Crippen LogP contribution in [0.3, 0.4) is 0 Å². The van der Waals surface area contributed by atoms with Crippen LogP contribution < -0.4 is 14.4 Å². The minimum atomic E-state index is -4.06. The van der Waals surface area contributed by atoms with Crippen LogP contribution in [0, 0.1) is 0 Å². The lowest BCUT2D eigenvalue weighted by Crippen LogP contribution is -2.38. The van der Waals surface area contributed by atoms with Crippen LogP contribution >= 0.6 is 34.9 Å². The molecule has 12 heteroatoms. The van der Waals surface area contributed by atoms with Gasteiger partial charge in [-0.15, -0.1) is 22.0 Å². The van der Waals surface area contributed by atoms with Crippen molar-refractivity contribution in [3.63, 3.8) is 0 Å². The van der Waals surface area contributed by atoms with E-state index in [1.54, 1.807) is 36.4 Å². The maximum Gasteiger partial charge on any atom is 0.264 e. The van der Waals surface area contributed by atoms with Gasteiger partial charge in [-0.1, -0.05) is 42.2 Å². The molecular weight excluding hydrogens is 501 g/mol. The third-order valence-electron chi connectivity index (χ3n) is 4.29. The van der Waals surface area contributed by atoms with Gasteiger partial charge in [0.2, 0.25) is 11.0 Å². The first kappa shape index (κ1) is 25.3. The fraction of sp³-hybridized carbons (Fsp3) is 0.286. The standard InChI is InChI=1S/C21H24N4O4S4/c1-4-29-18-9-7-6-8-17(18)25(33(27,28)16-12-10-15(30-3)11-13-16)14-19(26)22-20-23-24-21(32-20)31-5-2/h6-13H,4-5,14H2,1-3H3,(H,22,23,26). The zero-order chi connectivity index (χ0) is 23.8. The monoisotopic (exact) mass is 524 g/mol. The number of anilines is 2. The highest BCUT2D eigenvalue weighted by Gasteiger charge is 2.29. The van der Waals surface area contributed by atoms with Crippen molar-refractivity contribution in [2.24, 2.45) is 0 Å². The molecule has 33 heavy (non-hydrogen) atoms. The number of nitrogens with one attached hydrogen (secondary N) is 1. The highest BCUT2D eigenvalue weighted by Crippen LogP contribution is 2.33. The van der Waals surface area contributed by atoms with Crippen molar-refractivity contribution in [2.75, 3.05) is 34.8 Å². The number of amides is 1. The molecule has 2 aromatic carbocycles. The van der Waals surface area contributed by atoms with Gasteiger partial charge in [-0.2, -0.15) is 0 Å². The van der Waals surface area contributed by atoms with Crippen LogP contribution in [0.2, 0.25) is 0 Å². The zero-order valence-corrected chi connectivity index (χ0v) is 21.6. The van der Waals surface area contributed by atoms with Gasteiger partial charge in [0.25, 0.3) is 10.0 Å². The summed E-state index contributed by atoms with van der Waals surface area (Å²) in [6.45, 7) is 3.70. The highest BCUT2D eigenvalue weighted by molar-refractivity contribution is 8.01. The number of aromatic nitrogens is 2. The number of thioether (sulfide) groups is 2. The Bertz CT molecular complexity index is 1180. The van der Waals surface area contributed by atoms with E-state index in [1.165, 1.54) is 47.0 Å². The van der Waals surface area contributed by atoms with Crippen LogP contribution in [0.4, 0.5) is 10.8 Å². The molecule has 3 rings (SSSR count). The van der Waals surface area contributed by atoms with E-state index in [1.807, 2.05) is 20.1 Å². The first-order chi connectivity index (χ1) is 15.9. The Morgan fingerprint density at radius 1 is 1.12 bits per heavy atom. The average Bonchev–Trinajstić information content (AvgIpc) is 3.25. The van der Waals surface area contributed by atoms with Gasteiger partial charge in [0, 0.05) is 4.90 Å². The fourth-order valence-electron chi connectivity index (χ4n) is 2.85. The second-order valence-electron chi connectivity index (χ2n) is 6.44. The summed E-state index contributed by atoms with van der Waals surface area (Å²) in [5, 5.41) is 10.9. The minimum absolute atomic E-state index is 0.0805. The van der Waals surface area contributed by atoms with Crippen molar-refractivity contribution in [3.05, 3.63) is 48.5 Å². The molecular formula is C21H24N4O4S4. The van der Waals surface area contributed by atoms with Gasteiger partial charge in [-0.3, -0.25) is 14.4 Å². The molecule has 0 saturated heterocycles. The van der Waals surface area contributed by atoms with Crippen LogP contribution in [0.25, 0.3) is 0 Å². The Kier molecular flexibility index (Phi) is 9.01. The van der Waals surface area contributed by atoms with Gasteiger partial charge in [0.05, 0.1) is 17.2 Å². The number of benzene rings is 2. The summed E-state index contributed by atoms with van der Waals surface area (Å²) in [5.41, 5.74) is 0.280. The molecule has 176 valence electrons. The first-order valence-corrected chi connectivity index (χ1v) is 14.5. The summed E-state index contributed by atoms with van der Waals surface area (Å²) < 4.78 is 34.7. The van der Waals surface area contributed by atoms with Crippen molar-refractivity contribution >= 4 is 61.6 Å². The Labute approximate surface area is 206 Å². The summed E-state index contributed by atoms with van der Waals surface area (Å²) in [7, 11) is -4.06. The predicted molar refractivity (Wildman–Crippen MR) is 135 cm³/mol. The number of carbonyl (C=O) groups excluding carboxylic acids is 1. The number of nitrogens with zero attached hydrogens (tertiary/aromatic N) is 3. The Hall–Kier alpha value is -2.28. The molecule has 0 bridgehead atoms. The van der Waals surface area contributed by atoms with Crippen LogP contribution in [-0.2, 0) is 14.8 Å². The second-order valence-corrected chi connectivity index (χ2v) is 11.7. The largest absolute Gasteiger partial charge is 0.492 e. The normalized spacial score (nSPS) is 11.2. The number of hydrogen-bond donors (Lipinski definition) is 1. The Morgan fingerprint density at radius 2 is 1.85 bits per heavy atom. The molecule has 0 saturated carbocycles. The third-order valence-corrected chi connectivity index (χ3v) is 8.66. The van der Waals surface area contributed by atoms with Gasteiger partial charge in [0.15, 0.2) is 4.34 Å². The average molecular weight is 525 g/mol. The van der Waals surface area contributed by atoms with Crippen molar-refractivity contribution < 1.29 is 17.9 Å². The van der Waals surface area contributed by atoms with Gasteiger partial charge in [-0.25, -0.2) is 8.42 Å². The topological polar surface area (TPSA) is 101 Å². The first-order valence-electron chi connectivity index (χ1n) is 10.0. The lowest BCUT2D eigenvalue weighted by molar-refractivity contribution is -0.114. The molecule has 0 spiro atoms. The van der Waals surface area contributed by atoms with E-state index in [2.05, 4.69) is 15.5 Å². The van der Waals surface area contributed by atoms with Crippen molar-refractivity contribution in [3.8, 4) is 5.75 Å². The molecule has 0 atom stereocenters. The summed E-state index contributed by atoms with van der Waals surface area (Å²) in [6, 6.07) is 13.3. The Morgan fingerprint density at radius 3 is 2.52 bits per heavy atom. The number of rotatable bonds is 11. The third kappa shape index (κ3) is 6.40. The summed E-state index contributed by atoms with van der Waals surface area (Å²) in [4.78, 5) is 13.9. The summed E-state index contributed by atoms with van der Waals surface area (Å²) in [5.74, 6) is 0.669. The molecule has 8 nitrogen and oxygen atoms in total. The van der Waals surface area contributed by atoms with Crippen LogP contribution in [0.1, 0.15) is 13.8 Å². The van der Waals surface area contributed by atoms with E-state index in [0.29, 0.717) is 17.5 Å². The smallest absolute Gasteiger partial charge is 0.264 e. The van der Waals surface area contributed by atoms with Gasteiger partial charge < -0.3 is 4.74 Å². The maximum atomic E-state index is 13.6. The van der Waals surface area contributed by atoms with E-state index < -0.39 is 22.5 Å². The van der Waals surface area contributed by atoms with Crippen molar-refractivity contribution in [1.82, 2.24) is 10.2 Å². The maximum absolute atomic E-state index is 13.6. The molecule has 1 heterocycles. The van der Waals surface area contributed by atoms with E-state index in [9.17, 15) is 13.2 Å². The van der Waals surface area contributed by atoms with Crippen molar-refractivity contribution in [2.45, 2.75) is 28.0 Å². The molecule has 0 aliphatic carbocycles. The molecule has 0 fully saturated rings. The van der Waals surface area contributed by atoms with E-state index in [0.717, 1.165) is 19.3 Å². The molecule has 3 aromatic rings. The van der Waals surface area contributed by atoms with Gasteiger partial charge in [-0.05, 0) is 55.3 Å². The van der Waals surface area contributed by atoms with Gasteiger partial charge in [0.1, 0.15) is 12.3 Å². The van der Waals surface area contributed by atoms with Crippen molar-refractivity contribution in [1.29, 1.82) is 0 Å².